The molecule has 0 atom stereocenters. The Hall–Kier alpha value is -12.9. The second-order valence-corrected chi connectivity index (χ2v) is 42.3. The average molecular weight is 1760 g/mol. The van der Waals surface area contributed by atoms with Crippen LogP contribution in [0.3, 0.4) is 0 Å². The van der Waals surface area contributed by atoms with E-state index in [9.17, 15) is 0 Å². The largest absolute Gasteiger partial charge is 0.221 e. The summed E-state index contributed by atoms with van der Waals surface area (Å²) in [6.45, 7) is 57.9. The molecule has 12 aromatic carbocycles. The summed E-state index contributed by atoms with van der Waals surface area (Å²) in [6, 6.07) is 91.0. The molecule has 0 saturated carbocycles. The highest BCUT2D eigenvalue weighted by Crippen LogP contribution is 2.44. The molecular weight excluding hydrogens is 1620 g/mol. The fourth-order valence-corrected chi connectivity index (χ4v) is 23.4. The molecule has 12 heterocycles. The highest BCUT2D eigenvalue weighted by atomic mass is 15.0. The molecule has 672 valence electrons. The van der Waals surface area contributed by atoms with E-state index < -0.39 is 0 Å². The minimum absolute atomic E-state index is 0.561. The van der Waals surface area contributed by atoms with Crippen molar-refractivity contribution in [3.05, 3.63) is 389 Å². The zero-order valence-corrected chi connectivity index (χ0v) is 83.9. The van der Waals surface area contributed by atoms with E-state index in [1.165, 1.54) is 262 Å². The van der Waals surface area contributed by atoms with Crippen LogP contribution in [0, 0.1) is 114 Å². The third-order valence-corrected chi connectivity index (χ3v) is 29.2. The van der Waals surface area contributed by atoms with E-state index in [4.69, 9.17) is 0 Å². The minimum atomic E-state index is 0.561. The number of aromatic nitrogens is 6. The van der Waals surface area contributed by atoms with Gasteiger partial charge in [0.15, 0.2) is 63.1 Å². The van der Waals surface area contributed by atoms with Gasteiger partial charge in [0.1, 0.15) is 0 Å². The Bertz CT molecular complexity index is 7810. The Kier molecular flexibility index (Phi) is 24.6. The molecule has 6 aliphatic heterocycles. The van der Waals surface area contributed by atoms with Crippen LogP contribution >= 0.6 is 0 Å². The summed E-state index contributed by atoms with van der Waals surface area (Å²) in [4.78, 5) is 0. The maximum atomic E-state index is 2.55. The van der Waals surface area contributed by atoms with E-state index in [-0.39, 0.29) is 0 Å². The summed E-state index contributed by atoms with van der Waals surface area (Å²) >= 11 is 0. The molecule has 0 N–H and O–H groups in total. The molecular formula is C128H136N6+6. The number of para-hydroxylation sites is 2. The van der Waals surface area contributed by atoms with Crippen molar-refractivity contribution in [1.82, 2.24) is 0 Å². The third kappa shape index (κ3) is 17.2. The Labute approximate surface area is 797 Å². The summed E-state index contributed by atoms with van der Waals surface area (Å²) in [6.07, 6.45) is 9.08. The molecule has 24 rings (SSSR count). The standard InChI is InChI=1S/C25H30N.2C22H24N.C21H22N.2C19H18N/c1-16(2)10-19-13-21(11-17(3)4)23-15-26-24-9-7-6-8-20(24)12-18(5)25(26)22(23)14-19;1-14(2)9-17-5-6-18-7-8-23-13-21-16(4)10-15(3)11-20(21)22(23)19(18)12-17;1-14(2)9-18-12-17-7-5-6-8-19(17)22-20-11-15(3)10-16(4)21(20)13-23(18)22;1-13(2)17-6-5-16-7-8-22-12-20-15(4)9-14(3)10-19(20)21(22)18(16)11-17;1-12-8-13(2)17-11-20-18-7-5-4-6-15(18)10-14(3)19(20)16(17)9-12;1-12-8-13(2)18-11-20-14(3)10-15-6-4-5-7-16(15)19(20)17(18)9-12/h6-9,12-14,16-17H,10-11,15H2,1-5H3;2*5-8,10-12,14H,9,13H2,1-4H3;5-11,13H,12H2,1-4H3;2*4-10H,11H2,1-3H3/q6*+1. The first-order chi connectivity index (χ1) is 64.3. The lowest BCUT2D eigenvalue weighted by Gasteiger charge is -2.13. The van der Waals surface area contributed by atoms with Crippen LogP contribution in [0.2, 0.25) is 0 Å². The van der Waals surface area contributed by atoms with Crippen LogP contribution < -0.4 is 27.4 Å². The van der Waals surface area contributed by atoms with E-state index in [0.717, 1.165) is 58.5 Å². The van der Waals surface area contributed by atoms with Gasteiger partial charge in [-0.15, -0.1) is 0 Å². The predicted molar refractivity (Wildman–Crippen MR) is 562 cm³/mol. The van der Waals surface area contributed by atoms with Crippen LogP contribution in [0.1, 0.15) is 209 Å². The zero-order chi connectivity index (χ0) is 93.8. The fourth-order valence-electron chi connectivity index (χ4n) is 23.4. The van der Waals surface area contributed by atoms with Gasteiger partial charge in [0.25, 0.3) is 0 Å². The van der Waals surface area contributed by atoms with Crippen molar-refractivity contribution in [3.63, 3.8) is 0 Å². The minimum Gasteiger partial charge on any atom is -0.193 e. The normalized spacial score (nSPS) is 12.7. The lowest BCUT2D eigenvalue weighted by atomic mass is 9.89. The number of benzene rings is 12. The molecule has 0 aliphatic carbocycles. The first-order valence-corrected chi connectivity index (χ1v) is 49.6. The number of nitrogens with zero attached hydrogens (tertiary/aromatic N) is 6. The molecule has 0 radical (unpaired) electrons. The van der Waals surface area contributed by atoms with E-state index >= 15 is 0 Å². The van der Waals surface area contributed by atoms with Crippen LogP contribution in [0.5, 0.6) is 0 Å². The van der Waals surface area contributed by atoms with Gasteiger partial charge in [-0.05, 0) is 316 Å². The summed E-state index contributed by atoms with van der Waals surface area (Å²) in [5, 5.41) is 13.6. The fraction of sp³-hybridized carbons (Fsp3) is 0.297. The Morgan fingerprint density at radius 3 is 1.08 bits per heavy atom. The predicted octanol–water partition coefficient (Wildman–Crippen LogP) is 28.9. The van der Waals surface area contributed by atoms with Crippen LogP contribution in [-0.4, -0.2) is 0 Å². The zero-order valence-electron chi connectivity index (χ0n) is 83.9. The number of rotatable bonds is 9. The van der Waals surface area contributed by atoms with Gasteiger partial charge in [0.05, 0.1) is 54.9 Å². The molecule has 6 aliphatic rings. The molecule has 0 fully saturated rings. The van der Waals surface area contributed by atoms with Gasteiger partial charge in [-0.3, -0.25) is 0 Å². The lowest BCUT2D eigenvalue weighted by molar-refractivity contribution is -0.678. The Balaban J connectivity index is 0.000000104. The van der Waals surface area contributed by atoms with E-state index in [1.807, 2.05) is 0 Å². The molecule has 134 heavy (non-hydrogen) atoms. The number of hydrogen-bond donors (Lipinski definition) is 0. The molecule has 0 unspecified atom stereocenters. The van der Waals surface area contributed by atoms with Gasteiger partial charge >= 0.3 is 0 Å². The molecule has 6 nitrogen and oxygen atoms in total. The topological polar surface area (TPSA) is 23.3 Å². The van der Waals surface area contributed by atoms with Gasteiger partial charge in [-0.1, -0.05) is 191 Å². The number of hydrogen-bond acceptors (Lipinski definition) is 0. The van der Waals surface area contributed by atoms with Crippen molar-refractivity contribution in [3.8, 4) is 67.5 Å². The highest BCUT2D eigenvalue weighted by Gasteiger charge is 2.39. The monoisotopic (exact) mass is 1760 g/mol. The van der Waals surface area contributed by atoms with E-state index in [0.29, 0.717) is 29.6 Å². The number of aryl methyl sites for hydroxylation is 13. The van der Waals surface area contributed by atoms with Crippen molar-refractivity contribution < 1.29 is 27.4 Å². The third-order valence-electron chi connectivity index (χ3n) is 29.2. The first-order valence-electron chi connectivity index (χ1n) is 49.6. The van der Waals surface area contributed by atoms with Crippen molar-refractivity contribution in [1.29, 1.82) is 0 Å². The van der Waals surface area contributed by atoms with Gasteiger partial charge in [0, 0.05) is 105 Å². The summed E-state index contributed by atoms with van der Waals surface area (Å²) < 4.78 is 14.8. The van der Waals surface area contributed by atoms with Crippen LogP contribution in [0.25, 0.3) is 132 Å². The second kappa shape index (κ2) is 36.5. The molecule has 0 spiro atoms. The average Bonchev–Trinajstić information content (AvgIpc) is 1.89. The molecule has 6 heteroatoms. The van der Waals surface area contributed by atoms with Crippen molar-refractivity contribution in [2.75, 3.05) is 0 Å². The summed E-state index contributed by atoms with van der Waals surface area (Å²) in [5.41, 5.74) is 53.9. The maximum Gasteiger partial charge on any atom is 0.221 e. The molecule has 6 aromatic heterocycles. The first kappa shape index (κ1) is 90.3. The van der Waals surface area contributed by atoms with Gasteiger partial charge in [0.2, 0.25) is 45.2 Å². The van der Waals surface area contributed by atoms with Crippen molar-refractivity contribution >= 4 is 64.9 Å². The SMILES string of the molecule is Cc1cc(C)c2c(c1)-c1c(C)cc3ccccc3[n+]1C2.Cc1cc(C)c2c(c1)-c1c3cc(C(C)C)ccc3cc[n+]1C2.Cc1cc(C)c2c(c1)-c1c3cc(CC(C)C)ccc3cc[n+]1C2.Cc1cc(C)c2c(c1)-c1c3ccccc3cc(C)[n+]1C2.Cc1cc(C)c2c(c1)-c1c3ccccc3cc(CC(C)C)[n+]1C2.Cc1cc2ccccc2[n+]2c1-c1cc(CC(C)C)cc(CC(C)C)c1C2. The van der Waals surface area contributed by atoms with Gasteiger partial charge in [-0.25, -0.2) is 0 Å². The quantitative estimate of drug-likeness (QED) is 0.129. The van der Waals surface area contributed by atoms with E-state index in [2.05, 4.69) is 442 Å². The second-order valence-electron chi connectivity index (χ2n) is 42.3. The van der Waals surface area contributed by atoms with Crippen LogP contribution in [-0.2, 0) is 65.0 Å². The summed E-state index contributed by atoms with van der Waals surface area (Å²) in [7, 11) is 0. The van der Waals surface area contributed by atoms with Crippen LogP contribution in [0.15, 0.2) is 255 Å². The van der Waals surface area contributed by atoms with Gasteiger partial charge in [-0.2, -0.15) is 27.4 Å². The highest BCUT2D eigenvalue weighted by molar-refractivity contribution is 5.99. The Morgan fingerprint density at radius 2 is 0.612 bits per heavy atom. The lowest BCUT2D eigenvalue weighted by Crippen LogP contribution is -2.38. The molecule has 0 amide bonds. The van der Waals surface area contributed by atoms with Crippen molar-refractivity contribution in [2.24, 2.45) is 23.7 Å². The summed E-state index contributed by atoms with van der Waals surface area (Å²) in [5.74, 6) is 3.28. The van der Waals surface area contributed by atoms with Crippen LogP contribution in [0.4, 0.5) is 0 Å². The van der Waals surface area contributed by atoms with Gasteiger partial charge < -0.3 is 0 Å². The number of pyridine rings is 6. The van der Waals surface area contributed by atoms with Crippen molar-refractivity contribution in [2.45, 2.75) is 230 Å². The maximum absolute atomic E-state index is 2.55. The molecule has 18 aromatic rings. The molecule has 0 saturated heterocycles. The molecule has 0 bridgehead atoms. The smallest absolute Gasteiger partial charge is 0.193 e. The Morgan fingerprint density at radius 1 is 0.239 bits per heavy atom. The number of fused-ring (bicyclic) bond motifs is 30. The van der Waals surface area contributed by atoms with E-state index in [1.54, 1.807) is 11.1 Å².